The number of rotatable bonds is 7. The van der Waals surface area contributed by atoms with Gasteiger partial charge in [0.25, 0.3) is 5.91 Å². The van der Waals surface area contributed by atoms with Gasteiger partial charge in [-0.1, -0.05) is 26.0 Å². The highest BCUT2D eigenvalue weighted by molar-refractivity contribution is 5.91. The molecule has 186 valence electrons. The maximum atomic E-state index is 12.8. The number of methoxy groups -OCH3 is 1. The van der Waals surface area contributed by atoms with Crippen molar-refractivity contribution in [2.75, 3.05) is 20.2 Å². The molecule has 8 atom stereocenters. The summed E-state index contributed by atoms with van der Waals surface area (Å²) >= 11 is 0. The largest absolute Gasteiger partial charge is 0.473 e. The van der Waals surface area contributed by atoms with Gasteiger partial charge in [0.05, 0.1) is 18.6 Å². The van der Waals surface area contributed by atoms with Crippen LogP contribution in [0.1, 0.15) is 66.2 Å². The van der Waals surface area contributed by atoms with Gasteiger partial charge in [0.2, 0.25) is 5.91 Å². The highest BCUT2D eigenvalue weighted by Crippen LogP contribution is 2.60. The molecule has 0 aromatic rings. The van der Waals surface area contributed by atoms with Gasteiger partial charge in [-0.15, -0.1) is 0 Å². The number of nitrogens with two attached hydrogens (primary N) is 1. The molecule has 3 aliphatic carbocycles. The number of likely N-dealkylation sites (tertiary alicyclic amines) is 1. The van der Waals surface area contributed by atoms with Crippen LogP contribution in [0.2, 0.25) is 0 Å². The number of carbonyl (C=O) groups is 2. The van der Waals surface area contributed by atoms with Crippen LogP contribution in [0, 0.1) is 42.6 Å². The molecule has 4 rings (SSSR count). The summed E-state index contributed by atoms with van der Waals surface area (Å²) in [6.45, 7) is 14.3. The van der Waals surface area contributed by atoms with Crippen molar-refractivity contribution in [1.82, 2.24) is 10.2 Å². The zero-order valence-corrected chi connectivity index (χ0v) is 21.4. The molecule has 0 aromatic carbocycles. The number of ether oxygens (including phenoxy) is 1. The number of hydrogen-bond acceptors (Lipinski definition) is 3. The summed E-state index contributed by atoms with van der Waals surface area (Å²) in [6, 6.07) is 0. The molecule has 3 N–H and O–H groups in total. The SMILES string of the molecule is C=C1CC[C@@]2([NH2+][CH2-])[C@H]3[C@H](CC[C@@H]2C)[C@@H](C)C[C@@H](CC(C)(C)NC(=O)CN2C[C@H](OC)C2=O)[C@H]13. The Hall–Kier alpha value is -1.40. The molecule has 0 bridgehead atoms. The number of nitrogens with one attached hydrogen (secondary N) is 1. The fourth-order valence-electron chi connectivity index (χ4n) is 8.22. The van der Waals surface area contributed by atoms with Gasteiger partial charge in [-0.25, -0.2) is 0 Å². The van der Waals surface area contributed by atoms with E-state index in [2.05, 4.69) is 52.0 Å². The number of carbonyl (C=O) groups excluding carboxylic acids is 2. The van der Waals surface area contributed by atoms with Gasteiger partial charge in [0.1, 0.15) is 0 Å². The number of hydrogen-bond donors (Lipinski definition) is 2. The predicted molar refractivity (Wildman–Crippen MR) is 129 cm³/mol. The third kappa shape index (κ3) is 4.27. The fraction of sp³-hybridized carbons (Fsp3) is 0.815. The monoisotopic (exact) mass is 459 g/mol. The van der Waals surface area contributed by atoms with Crippen LogP contribution < -0.4 is 10.6 Å². The fourth-order valence-corrected chi connectivity index (χ4v) is 8.22. The van der Waals surface area contributed by atoms with Crippen molar-refractivity contribution < 1.29 is 19.6 Å². The van der Waals surface area contributed by atoms with E-state index >= 15 is 0 Å². The van der Waals surface area contributed by atoms with Crippen LogP contribution in [-0.2, 0) is 14.3 Å². The Kier molecular flexibility index (Phi) is 6.74. The van der Waals surface area contributed by atoms with E-state index in [-0.39, 0.29) is 35.5 Å². The molecule has 6 heteroatoms. The first-order chi connectivity index (χ1) is 15.5. The minimum absolute atomic E-state index is 0.0844. The third-order valence-corrected chi connectivity index (χ3v) is 9.81. The maximum Gasteiger partial charge on any atom is 0.254 e. The summed E-state index contributed by atoms with van der Waals surface area (Å²) in [5, 5.41) is 5.55. The van der Waals surface area contributed by atoms with E-state index in [1.54, 1.807) is 4.90 Å². The lowest BCUT2D eigenvalue weighted by molar-refractivity contribution is -0.703. The third-order valence-electron chi connectivity index (χ3n) is 9.81. The first kappa shape index (κ1) is 24.7. The van der Waals surface area contributed by atoms with Gasteiger partial charge in [0, 0.05) is 30.9 Å². The van der Waals surface area contributed by atoms with Crippen LogP contribution in [0.4, 0.5) is 0 Å². The molecule has 1 aliphatic heterocycles. The Labute approximate surface area is 200 Å². The zero-order valence-electron chi connectivity index (χ0n) is 21.4. The van der Waals surface area contributed by atoms with Crippen LogP contribution in [-0.4, -0.2) is 54.1 Å². The molecule has 33 heavy (non-hydrogen) atoms. The van der Waals surface area contributed by atoms with E-state index in [0.717, 1.165) is 18.8 Å². The lowest BCUT2D eigenvalue weighted by Crippen LogP contribution is -2.97. The average molecular weight is 460 g/mol. The second-order valence-corrected chi connectivity index (χ2v) is 12.2. The maximum absolute atomic E-state index is 12.8. The molecule has 0 spiro atoms. The predicted octanol–water partition coefficient (Wildman–Crippen LogP) is 2.51. The molecule has 4 fully saturated rings. The topological polar surface area (TPSA) is 75.2 Å². The Morgan fingerprint density at radius 3 is 2.73 bits per heavy atom. The van der Waals surface area contributed by atoms with Gasteiger partial charge in [0.15, 0.2) is 6.10 Å². The molecular weight excluding hydrogens is 414 g/mol. The normalized spacial score (nSPS) is 40.8. The van der Waals surface area contributed by atoms with Gasteiger partial charge in [-0.05, 0) is 69.6 Å². The van der Waals surface area contributed by atoms with E-state index in [1.165, 1.54) is 38.4 Å². The summed E-state index contributed by atoms with van der Waals surface area (Å²) in [6.07, 6.45) is 6.67. The van der Waals surface area contributed by atoms with Crippen molar-refractivity contribution in [3.63, 3.8) is 0 Å². The molecule has 0 unspecified atom stereocenters. The molecule has 1 heterocycles. The summed E-state index contributed by atoms with van der Waals surface area (Å²) in [5.41, 5.74) is 1.31. The van der Waals surface area contributed by atoms with Crippen LogP contribution in [0.3, 0.4) is 0 Å². The minimum Gasteiger partial charge on any atom is -0.473 e. The number of quaternary nitrogens is 1. The van der Waals surface area contributed by atoms with Gasteiger partial charge in [-0.2, -0.15) is 7.05 Å². The summed E-state index contributed by atoms with van der Waals surface area (Å²) in [7, 11) is 5.89. The molecule has 0 radical (unpaired) electrons. The summed E-state index contributed by atoms with van der Waals surface area (Å²) in [5.74, 6) is 3.59. The minimum atomic E-state index is -0.386. The van der Waals surface area contributed by atoms with Crippen molar-refractivity contribution in [1.29, 1.82) is 0 Å². The molecule has 0 aromatic heterocycles. The lowest BCUT2D eigenvalue weighted by Gasteiger charge is -2.62. The van der Waals surface area contributed by atoms with Crippen molar-refractivity contribution in [3.05, 3.63) is 19.2 Å². The molecule has 1 saturated heterocycles. The quantitative estimate of drug-likeness (QED) is 0.349. The Morgan fingerprint density at radius 1 is 1.36 bits per heavy atom. The second-order valence-electron chi connectivity index (χ2n) is 12.2. The molecular formula is C27H45N3O3. The zero-order chi connectivity index (χ0) is 24.1. The van der Waals surface area contributed by atoms with Crippen molar-refractivity contribution >= 4 is 11.8 Å². The number of β-lactam (4-membered cyclic amide) rings is 1. The highest BCUT2D eigenvalue weighted by atomic mass is 16.5. The molecule has 3 saturated carbocycles. The highest BCUT2D eigenvalue weighted by Gasteiger charge is 2.60. The van der Waals surface area contributed by atoms with Crippen molar-refractivity contribution in [2.24, 2.45) is 35.5 Å². The van der Waals surface area contributed by atoms with Gasteiger partial charge in [-0.3, -0.25) is 9.59 Å². The average Bonchev–Trinajstić information content (AvgIpc) is 2.75. The van der Waals surface area contributed by atoms with Crippen molar-refractivity contribution in [3.8, 4) is 0 Å². The van der Waals surface area contributed by atoms with Crippen molar-refractivity contribution in [2.45, 2.75) is 83.4 Å². The van der Waals surface area contributed by atoms with E-state index in [1.807, 2.05) is 0 Å². The Morgan fingerprint density at radius 2 is 2.09 bits per heavy atom. The second kappa shape index (κ2) is 8.99. The number of nitrogens with zero attached hydrogens (tertiary/aromatic N) is 1. The molecule has 2 amide bonds. The van der Waals surface area contributed by atoms with Crippen LogP contribution in [0.15, 0.2) is 12.2 Å². The van der Waals surface area contributed by atoms with E-state index < -0.39 is 0 Å². The van der Waals surface area contributed by atoms with Gasteiger partial charge >= 0.3 is 0 Å². The smallest absolute Gasteiger partial charge is 0.254 e. The first-order valence-electron chi connectivity index (χ1n) is 13.0. The Bertz CT molecular complexity index is 795. The Balaban J connectivity index is 1.47. The number of amides is 2. The lowest BCUT2D eigenvalue weighted by atomic mass is 9.44. The first-order valence-corrected chi connectivity index (χ1v) is 13.0. The van der Waals surface area contributed by atoms with Gasteiger partial charge < -0.3 is 20.3 Å². The molecule has 6 nitrogen and oxygen atoms in total. The summed E-state index contributed by atoms with van der Waals surface area (Å²) < 4.78 is 5.10. The van der Waals surface area contributed by atoms with E-state index in [9.17, 15) is 9.59 Å². The van der Waals surface area contributed by atoms with E-state index in [0.29, 0.717) is 36.1 Å². The van der Waals surface area contributed by atoms with Crippen LogP contribution in [0.25, 0.3) is 0 Å². The number of allylic oxidation sites excluding steroid dienone is 1. The van der Waals surface area contributed by atoms with E-state index in [4.69, 9.17) is 4.74 Å². The van der Waals surface area contributed by atoms with Crippen LogP contribution >= 0.6 is 0 Å². The van der Waals surface area contributed by atoms with Crippen LogP contribution in [0.5, 0.6) is 0 Å². The summed E-state index contributed by atoms with van der Waals surface area (Å²) in [4.78, 5) is 26.4. The standard InChI is InChI=1S/C27H45N3O3/c1-16-10-11-27(28-6)18(3)8-9-20-17(2)12-19(23(16)24(20)27)13-26(4,5)29-22(31)15-30-14-21(33-7)25(30)32/h17-21,23-24H,1,6,8-15,28H2,2-5,7H3,(H,29,31)/t17-,18-,19-,20+,21-,23-,24-,27-/m0/s1. The molecule has 4 aliphatic rings.